The van der Waals surface area contributed by atoms with Crippen molar-refractivity contribution in [2.24, 2.45) is 5.92 Å². The highest BCUT2D eigenvalue weighted by molar-refractivity contribution is 5.95. The highest BCUT2D eigenvalue weighted by atomic mass is 16.8. The molecular weight excluding hydrogens is 352 g/mol. The predicted molar refractivity (Wildman–Crippen MR) is 111 cm³/mol. The van der Waals surface area contributed by atoms with Gasteiger partial charge in [-0.25, -0.2) is 4.79 Å². The van der Waals surface area contributed by atoms with Crippen LogP contribution in [0.1, 0.15) is 67.6 Å². The summed E-state index contributed by atoms with van der Waals surface area (Å²) in [6.45, 7) is 12.0. The predicted octanol–water partition coefficient (Wildman–Crippen LogP) is 5.37. The summed E-state index contributed by atoms with van der Waals surface area (Å²) in [5.41, 5.74) is 3.60. The van der Waals surface area contributed by atoms with Crippen LogP contribution in [-0.4, -0.2) is 30.1 Å². The van der Waals surface area contributed by atoms with Crippen LogP contribution in [0.4, 0.5) is 0 Å². The monoisotopic (exact) mass is 384 g/mol. The first kappa shape index (κ1) is 20.8. The van der Waals surface area contributed by atoms with E-state index in [-0.39, 0.29) is 30.2 Å². The zero-order valence-electron chi connectivity index (χ0n) is 17.8. The second-order valence-electron chi connectivity index (χ2n) is 8.56. The summed E-state index contributed by atoms with van der Waals surface area (Å²) >= 11 is 0. The molecule has 0 radical (unpaired) electrons. The molecule has 0 saturated carbocycles. The van der Waals surface area contributed by atoms with Gasteiger partial charge in [-0.3, -0.25) is 0 Å². The van der Waals surface area contributed by atoms with Crippen molar-refractivity contribution in [1.29, 1.82) is 0 Å². The number of hydrogen-bond donors (Lipinski definition) is 0. The topological polar surface area (TPSA) is 44.8 Å². The average molecular weight is 385 g/mol. The van der Waals surface area contributed by atoms with Crippen molar-refractivity contribution in [3.05, 3.63) is 52.6 Å². The molecule has 1 saturated heterocycles. The Kier molecular flexibility index (Phi) is 6.11. The first-order chi connectivity index (χ1) is 13.2. The lowest BCUT2D eigenvalue weighted by molar-refractivity contribution is -0.148. The normalized spacial score (nSPS) is 31.4. The molecule has 1 aromatic rings. The fourth-order valence-electron chi connectivity index (χ4n) is 4.12. The number of esters is 1. The molecule has 1 aromatic carbocycles. The van der Waals surface area contributed by atoms with E-state index in [9.17, 15) is 4.79 Å². The molecule has 0 N–H and O–H groups in total. The van der Waals surface area contributed by atoms with Gasteiger partial charge in [0.1, 0.15) is 6.10 Å². The molecule has 0 aliphatic carbocycles. The molecule has 2 aliphatic rings. The molecule has 1 fully saturated rings. The summed E-state index contributed by atoms with van der Waals surface area (Å²) in [6.07, 6.45) is 9.51. The van der Waals surface area contributed by atoms with E-state index in [1.54, 1.807) is 0 Å². The van der Waals surface area contributed by atoms with Crippen LogP contribution in [0.15, 0.2) is 30.4 Å². The van der Waals surface area contributed by atoms with Crippen LogP contribution in [0.5, 0.6) is 0 Å². The lowest BCUT2D eigenvalue weighted by Gasteiger charge is -2.21. The summed E-state index contributed by atoms with van der Waals surface area (Å²) in [5.74, 6) is -0.637. The Bertz CT molecular complexity index is 790. The van der Waals surface area contributed by atoms with Gasteiger partial charge in [0.25, 0.3) is 0 Å². The maximum absolute atomic E-state index is 12.8. The summed E-state index contributed by atoms with van der Waals surface area (Å²) < 4.78 is 18.1. The van der Waals surface area contributed by atoms with E-state index in [4.69, 9.17) is 14.2 Å². The first-order valence-electron chi connectivity index (χ1n) is 10.2. The number of benzene rings is 1. The molecule has 1 unspecified atom stereocenters. The highest BCUT2D eigenvalue weighted by Gasteiger charge is 2.42. The van der Waals surface area contributed by atoms with Crippen LogP contribution >= 0.6 is 0 Å². The van der Waals surface area contributed by atoms with Gasteiger partial charge < -0.3 is 14.2 Å². The van der Waals surface area contributed by atoms with Crippen molar-refractivity contribution in [2.45, 2.75) is 78.5 Å². The number of fused-ring (bicyclic) bond motifs is 2. The van der Waals surface area contributed by atoms with E-state index in [1.807, 2.05) is 52.8 Å². The molecule has 28 heavy (non-hydrogen) atoms. The molecule has 0 spiro atoms. The largest absolute Gasteiger partial charge is 0.459 e. The zero-order valence-corrected chi connectivity index (χ0v) is 17.8. The van der Waals surface area contributed by atoms with Gasteiger partial charge in [-0.2, -0.15) is 0 Å². The minimum absolute atomic E-state index is 0.00425. The van der Waals surface area contributed by atoms with Crippen LogP contribution in [-0.2, 0) is 14.2 Å². The molecule has 4 heteroatoms. The van der Waals surface area contributed by atoms with Crippen molar-refractivity contribution in [2.75, 3.05) is 0 Å². The van der Waals surface area contributed by atoms with Crippen LogP contribution in [0.2, 0.25) is 0 Å². The Morgan fingerprint density at radius 3 is 2.54 bits per heavy atom. The quantitative estimate of drug-likeness (QED) is 0.446. The molecule has 2 heterocycles. The van der Waals surface area contributed by atoms with E-state index < -0.39 is 5.79 Å². The van der Waals surface area contributed by atoms with Gasteiger partial charge in [-0.15, -0.1) is 0 Å². The first-order valence-corrected chi connectivity index (χ1v) is 10.2. The fourth-order valence-corrected chi connectivity index (χ4v) is 4.12. The van der Waals surface area contributed by atoms with Crippen LogP contribution < -0.4 is 0 Å². The molecule has 0 amide bonds. The van der Waals surface area contributed by atoms with Gasteiger partial charge in [0.05, 0.1) is 17.8 Å². The van der Waals surface area contributed by atoms with E-state index in [0.717, 1.165) is 23.1 Å². The molecule has 0 aromatic heterocycles. The SMILES string of the molecule is Cc1cc(C)c2c(c1)C=CC[C@@H]1OC(C)(C)O[C@@H]1C(C)/C=C\C[C@H](C)OC2=O. The number of cyclic esters (lactones) is 1. The molecule has 3 rings (SSSR count). The maximum Gasteiger partial charge on any atom is 0.339 e. The van der Waals surface area contributed by atoms with Gasteiger partial charge in [0, 0.05) is 12.3 Å². The van der Waals surface area contributed by atoms with Crippen molar-refractivity contribution >= 4 is 12.0 Å². The van der Waals surface area contributed by atoms with E-state index >= 15 is 0 Å². The lowest BCUT2D eigenvalue weighted by atomic mass is 9.95. The van der Waals surface area contributed by atoms with Crippen LogP contribution in [0.25, 0.3) is 6.08 Å². The second-order valence-corrected chi connectivity index (χ2v) is 8.56. The Morgan fingerprint density at radius 2 is 1.79 bits per heavy atom. The average Bonchev–Trinajstić information content (AvgIpc) is 2.88. The standard InChI is InChI=1S/C24H32O4/c1-15-13-17(3)21-19(14-15)11-8-12-20-22(28-24(5,6)27-20)16(2)9-7-10-18(4)26-23(21)25/h7-9,11,13-14,16,18,20,22H,10,12H2,1-6H3/b9-7-,11-8?/t16?,18-,20-,22+/m0/s1. The third-order valence-electron chi connectivity index (χ3n) is 5.34. The zero-order chi connectivity index (χ0) is 20.5. The molecule has 0 bridgehead atoms. The summed E-state index contributed by atoms with van der Waals surface area (Å²) in [4.78, 5) is 12.8. The number of rotatable bonds is 0. The number of ether oxygens (including phenoxy) is 3. The molecular formula is C24H32O4. The van der Waals surface area contributed by atoms with Crippen molar-refractivity contribution in [1.82, 2.24) is 0 Å². The Balaban J connectivity index is 1.98. The Labute approximate surface area is 168 Å². The van der Waals surface area contributed by atoms with Crippen molar-refractivity contribution in [3.63, 3.8) is 0 Å². The summed E-state index contributed by atoms with van der Waals surface area (Å²) in [7, 11) is 0. The van der Waals surface area contributed by atoms with Crippen molar-refractivity contribution in [3.8, 4) is 0 Å². The lowest BCUT2D eigenvalue weighted by Crippen LogP contribution is -2.28. The van der Waals surface area contributed by atoms with Gasteiger partial charge in [-0.1, -0.05) is 48.9 Å². The highest BCUT2D eigenvalue weighted by Crippen LogP contribution is 2.35. The summed E-state index contributed by atoms with van der Waals surface area (Å²) in [6, 6.07) is 4.06. The maximum atomic E-state index is 12.8. The molecule has 152 valence electrons. The van der Waals surface area contributed by atoms with Gasteiger partial charge in [0.2, 0.25) is 0 Å². The molecule has 4 atom stereocenters. The van der Waals surface area contributed by atoms with Crippen LogP contribution in [0.3, 0.4) is 0 Å². The minimum Gasteiger partial charge on any atom is -0.459 e. The van der Waals surface area contributed by atoms with E-state index in [0.29, 0.717) is 12.0 Å². The number of carbonyl (C=O) groups excluding carboxylic acids is 1. The summed E-state index contributed by atoms with van der Waals surface area (Å²) in [5, 5.41) is 0. The Morgan fingerprint density at radius 1 is 1.04 bits per heavy atom. The minimum atomic E-state index is -0.587. The van der Waals surface area contributed by atoms with Gasteiger partial charge >= 0.3 is 5.97 Å². The Hall–Kier alpha value is -1.91. The van der Waals surface area contributed by atoms with Gasteiger partial charge in [0.15, 0.2) is 5.79 Å². The van der Waals surface area contributed by atoms with Gasteiger partial charge in [-0.05, 0) is 52.2 Å². The number of carbonyl (C=O) groups is 1. The number of aryl methyl sites for hydroxylation is 2. The smallest absolute Gasteiger partial charge is 0.339 e. The fraction of sp³-hybridized carbons (Fsp3) is 0.542. The second kappa shape index (κ2) is 8.22. The van der Waals surface area contributed by atoms with Crippen LogP contribution in [0, 0.1) is 19.8 Å². The van der Waals surface area contributed by atoms with E-state index in [1.165, 1.54) is 0 Å². The third kappa shape index (κ3) is 4.73. The van der Waals surface area contributed by atoms with E-state index in [2.05, 4.69) is 25.2 Å². The molecule has 4 nitrogen and oxygen atoms in total. The number of hydrogen-bond acceptors (Lipinski definition) is 4. The van der Waals surface area contributed by atoms with Crippen molar-refractivity contribution < 1.29 is 19.0 Å². The third-order valence-corrected chi connectivity index (χ3v) is 5.34. The molecule has 2 aliphatic heterocycles.